The third-order valence-electron chi connectivity index (χ3n) is 2.17. The van der Waals surface area contributed by atoms with Gasteiger partial charge in [-0.3, -0.25) is 4.55 Å². The highest BCUT2D eigenvalue weighted by atomic mass is 35.5. The van der Waals surface area contributed by atoms with E-state index in [9.17, 15) is 16.8 Å². The first kappa shape index (κ1) is 18.1. The van der Waals surface area contributed by atoms with Crippen LogP contribution < -0.4 is 0 Å². The fraction of sp³-hybridized carbons (Fsp3) is 0.875. The third-order valence-corrected chi connectivity index (χ3v) is 5.49. The maximum atomic E-state index is 11.7. The van der Waals surface area contributed by atoms with Crippen LogP contribution in [0.15, 0.2) is 0 Å². The molecule has 109 valence electrons. The van der Waals surface area contributed by atoms with E-state index in [4.69, 9.17) is 16.2 Å². The van der Waals surface area contributed by atoms with Crippen LogP contribution in [0.2, 0.25) is 0 Å². The molecule has 0 aromatic rings. The van der Waals surface area contributed by atoms with Crippen LogP contribution in [0.3, 0.4) is 0 Å². The van der Waals surface area contributed by atoms with Crippen molar-refractivity contribution in [3.8, 4) is 0 Å². The number of alkyl halides is 1. The van der Waals surface area contributed by atoms with Gasteiger partial charge >= 0.3 is 10.3 Å². The van der Waals surface area contributed by atoms with Gasteiger partial charge in [0.1, 0.15) is 0 Å². The molecule has 0 saturated carbocycles. The molecule has 10 heteroatoms. The van der Waals surface area contributed by atoms with E-state index in [0.29, 0.717) is 0 Å². The second-order valence-corrected chi connectivity index (χ2v) is 7.15. The maximum Gasteiger partial charge on any atom is 0.335 e. The van der Waals surface area contributed by atoms with Crippen molar-refractivity contribution in [3.63, 3.8) is 0 Å². The Hall–Kier alpha value is 0.0700. The highest BCUT2D eigenvalue weighted by molar-refractivity contribution is 7.89. The molecule has 1 radical (unpaired) electrons. The lowest BCUT2D eigenvalue weighted by Gasteiger charge is -2.22. The van der Waals surface area contributed by atoms with Crippen LogP contribution in [-0.2, 0) is 20.3 Å². The van der Waals surface area contributed by atoms with Crippen molar-refractivity contribution in [1.29, 1.82) is 0 Å². The highest BCUT2D eigenvalue weighted by Gasteiger charge is 2.23. The fourth-order valence-electron chi connectivity index (χ4n) is 1.22. The Morgan fingerprint density at radius 2 is 1.72 bits per heavy atom. The smallest absolute Gasteiger partial charge is 0.273 e. The van der Waals surface area contributed by atoms with Crippen molar-refractivity contribution >= 4 is 31.9 Å². The van der Waals surface area contributed by atoms with Crippen molar-refractivity contribution in [2.24, 2.45) is 0 Å². The zero-order chi connectivity index (χ0) is 14.4. The molecule has 0 aliphatic heterocycles. The standard InChI is InChI=1S/C8H18ClN2O5S2/c1-3-10(17(12,13)8-5-9)6-7-11(4-2)18(14,15)16/h6H,3-5,7-8H2,1-2H3,(H,14,15,16). The van der Waals surface area contributed by atoms with E-state index in [2.05, 4.69) is 0 Å². The predicted octanol–water partition coefficient (Wildman–Crippen LogP) is 0.163. The molecule has 0 rings (SSSR count). The lowest BCUT2D eigenvalue weighted by Crippen LogP contribution is -2.38. The molecule has 0 aliphatic rings. The second kappa shape index (κ2) is 7.61. The van der Waals surface area contributed by atoms with Gasteiger partial charge in [-0.1, -0.05) is 13.8 Å². The molecule has 18 heavy (non-hydrogen) atoms. The Morgan fingerprint density at radius 3 is 2.06 bits per heavy atom. The SMILES string of the molecule is CCN(C[CH]N(CC)S(=O)(=O)CCCl)S(=O)(=O)O. The largest absolute Gasteiger partial charge is 0.335 e. The molecule has 0 atom stereocenters. The summed E-state index contributed by atoms with van der Waals surface area (Å²) >= 11 is 5.38. The van der Waals surface area contributed by atoms with Crippen LogP contribution in [0, 0.1) is 6.54 Å². The molecule has 0 aliphatic carbocycles. The van der Waals surface area contributed by atoms with Gasteiger partial charge in [-0.05, 0) is 0 Å². The Kier molecular flexibility index (Phi) is 7.64. The lowest BCUT2D eigenvalue weighted by molar-refractivity contribution is 0.354. The molecule has 7 nitrogen and oxygen atoms in total. The van der Waals surface area contributed by atoms with Gasteiger partial charge < -0.3 is 0 Å². The van der Waals surface area contributed by atoms with Gasteiger partial charge in [-0.25, -0.2) is 8.42 Å². The summed E-state index contributed by atoms with van der Waals surface area (Å²) < 4.78 is 55.8. The van der Waals surface area contributed by atoms with E-state index in [0.717, 1.165) is 8.61 Å². The highest BCUT2D eigenvalue weighted by Crippen LogP contribution is 2.07. The zero-order valence-corrected chi connectivity index (χ0v) is 12.7. The van der Waals surface area contributed by atoms with Gasteiger partial charge in [-0.15, -0.1) is 11.6 Å². The molecule has 0 spiro atoms. The fourth-order valence-corrected chi connectivity index (χ4v) is 3.51. The molecule has 1 N–H and O–H groups in total. The molecule has 0 amide bonds. The predicted molar refractivity (Wildman–Crippen MR) is 70.0 cm³/mol. The number of nitrogens with zero attached hydrogens (tertiary/aromatic N) is 2. The molecular weight excluding hydrogens is 304 g/mol. The Bertz CT molecular complexity index is 436. The lowest BCUT2D eigenvalue weighted by atomic mass is 10.5. The van der Waals surface area contributed by atoms with Crippen LogP contribution in [0.5, 0.6) is 0 Å². The Balaban J connectivity index is 4.67. The van der Waals surface area contributed by atoms with Gasteiger partial charge in [0.25, 0.3) is 0 Å². The summed E-state index contributed by atoms with van der Waals surface area (Å²) in [5.74, 6) is -0.265. The first-order valence-electron chi connectivity index (χ1n) is 5.30. The second-order valence-electron chi connectivity index (χ2n) is 3.32. The maximum absolute atomic E-state index is 11.7. The van der Waals surface area contributed by atoms with Crippen molar-refractivity contribution < 1.29 is 21.4 Å². The number of hydrogen-bond acceptors (Lipinski definition) is 4. The molecule has 0 aromatic heterocycles. The molecule has 0 fully saturated rings. The Labute approximate surface area is 114 Å². The van der Waals surface area contributed by atoms with Crippen molar-refractivity contribution in [2.45, 2.75) is 13.8 Å². The van der Waals surface area contributed by atoms with Gasteiger partial charge in [0.15, 0.2) is 0 Å². The van der Waals surface area contributed by atoms with E-state index in [1.807, 2.05) is 0 Å². The topological polar surface area (TPSA) is 95.0 Å². The van der Waals surface area contributed by atoms with Crippen LogP contribution in [0.25, 0.3) is 0 Å². The van der Waals surface area contributed by atoms with Gasteiger partial charge in [0.2, 0.25) is 10.0 Å². The first-order valence-corrected chi connectivity index (χ1v) is 8.84. The number of likely N-dealkylation sites (N-methyl/N-ethyl adjacent to an activating group) is 2. The Morgan fingerprint density at radius 1 is 1.17 bits per heavy atom. The van der Waals surface area contributed by atoms with Crippen LogP contribution >= 0.6 is 11.6 Å². The summed E-state index contributed by atoms with van der Waals surface area (Å²) in [6, 6.07) is 0. The number of halogens is 1. The number of hydrogen-bond donors (Lipinski definition) is 1. The van der Waals surface area contributed by atoms with E-state index in [-0.39, 0.29) is 31.3 Å². The summed E-state index contributed by atoms with van der Waals surface area (Å²) in [5.41, 5.74) is 0. The molecule has 0 heterocycles. The van der Waals surface area contributed by atoms with E-state index in [1.54, 1.807) is 6.92 Å². The van der Waals surface area contributed by atoms with Crippen molar-refractivity contribution in [3.05, 3.63) is 6.54 Å². The van der Waals surface area contributed by atoms with Crippen molar-refractivity contribution in [1.82, 2.24) is 8.61 Å². The summed E-state index contributed by atoms with van der Waals surface area (Å²) in [6.07, 6.45) is 0. The average molecular weight is 322 g/mol. The zero-order valence-electron chi connectivity index (χ0n) is 10.3. The molecule has 0 unspecified atom stereocenters. The summed E-state index contributed by atoms with van der Waals surface area (Å²) in [7, 11) is -7.85. The minimum Gasteiger partial charge on any atom is -0.273 e. The monoisotopic (exact) mass is 321 g/mol. The third kappa shape index (κ3) is 5.81. The average Bonchev–Trinajstić information content (AvgIpc) is 2.22. The number of rotatable bonds is 9. The number of sulfonamides is 1. The summed E-state index contributed by atoms with van der Waals surface area (Å²) in [4.78, 5) is 0. The summed E-state index contributed by atoms with van der Waals surface area (Å²) in [5, 5.41) is 0. The minimum atomic E-state index is -4.32. The molecule has 0 bridgehead atoms. The quantitative estimate of drug-likeness (QED) is 0.482. The van der Waals surface area contributed by atoms with E-state index < -0.39 is 20.3 Å². The van der Waals surface area contributed by atoms with Gasteiger partial charge in [0, 0.05) is 25.5 Å². The van der Waals surface area contributed by atoms with Gasteiger partial charge in [0.05, 0.1) is 12.3 Å². The normalized spacial score (nSPS) is 13.4. The van der Waals surface area contributed by atoms with Crippen molar-refractivity contribution in [2.75, 3.05) is 31.3 Å². The van der Waals surface area contributed by atoms with Gasteiger partial charge in [-0.2, -0.15) is 17.0 Å². The minimum absolute atomic E-state index is 0.0392. The van der Waals surface area contributed by atoms with E-state index >= 15 is 0 Å². The molecule has 0 saturated heterocycles. The van der Waals surface area contributed by atoms with Crippen LogP contribution in [0.1, 0.15) is 13.8 Å². The molecule has 0 aromatic carbocycles. The van der Waals surface area contributed by atoms with Crippen LogP contribution in [-0.4, -0.2) is 61.3 Å². The van der Waals surface area contributed by atoms with E-state index in [1.165, 1.54) is 13.5 Å². The first-order chi connectivity index (χ1) is 8.19. The molecular formula is C8H18ClN2O5S2. The van der Waals surface area contributed by atoms with Crippen LogP contribution in [0.4, 0.5) is 0 Å². The summed E-state index contributed by atoms with van der Waals surface area (Å²) in [6.45, 7) is 4.35.